The molecule has 0 aliphatic rings. The third-order valence-corrected chi connectivity index (χ3v) is 3.44. The van der Waals surface area contributed by atoms with E-state index in [-0.39, 0.29) is 5.41 Å². The molecule has 2 heterocycles. The first-order valence-corrected chi connectivity index (χ1v) is 7.04. The molecule has 0 aliphatic heterocycles. The number of hydrogen-bond donors (Lipinski definition) is 0. The molecule has 0 aliphatic carbocycles. The third-order valence-electron chi connectivity index (χ3n) is 2.61. The molecule has 0 fully saturated rings. The van der Waals surface area contributed by atoms with E-state index in [0.29, 0.717) is 12.4 Å². The quantitative estimate of drug-likeness (QED) is 0.857. The van der Waals surface area contributed by atoms with Crippen LogP contribution in [0.3, 0.4) is 0 Å². The second-order valence-corrected chi connectivity index (χ2v) is 6.19. The zero-order valence-electron chi connectivity index (χ0n) is 12.0. The van der Waals surface area contributed by atoms with E-state index < -0.39 is 0 Å². The molecule has 0 radical (unpaired) electrons. The Morgan fingerprint density at radius 2 is 2.00 bits per heavy atom. The lowest BCUT2D eigenvalue weighted by Gasteiger charge is -2.14. The molecule has 0 amide bonds. The highest BCUT2D eigenvalue weighted by Gasteiger charge is 2.21. The van der Waals surface area contributed by atoms with Crippen molar-refractivity contribution in [1.29, 1.82) is 0 Å². The highest BCUT2D eigenvalue weighted by atomic mass is 32.1. The summed E-state index contributed by atoms with van der Waals surface area (Å²) in [5, 5.41) is 4.74. The number of anilines is 1. The minimum absolute atomic E-state index is 0.0323. The van der Waals surface area contributed by atoms with Crippen LogP contribution in [-0.4, -0.2) is 26.5 Å². The zero-order valence-corrected chi connectivity index (χ0v) is 12.8. The highest BCUT2D eigenvalue weighted by molar-refractivity contribution is 7.09. The van der Waals surface area contributed by atoms with Gasteiger partial charge in [-0.25, -0.2) is 4.98 Å². The van der Waals surface area contributed by atoms with Crippen molar-refractivity contribution < 1.29 is 4.52 Å². The molecular weight excluding hydrogens is 262 g/mol. The summed E-state index contributed by atoms with van der Waals surface area (Å²) in [5.74, 6) is 2.20. The molecule has 0 aromatic carbocycles. The summed E-state index contributed by atoms with van der Waals surface area (Å²) in [6.07, 6.45) is 0.778. The van der Waals surface area contributed by atoms with E-state index in [2.05, 4.69) is 40.3 Å². The van der Waals surface area contributed by atoms with Crippen LogP contribution < -0.4 is 4.90 Å². The van der Waals surface area contributed by atoms with Crippen LogP contribution in [0.15, 0.2) is 4.52 Å². The predicted molar refractivity (Wildman–Crippen MR) is 74.4 cm³/mol. The topological polar surface area (TPSA) is 67.9 Å². The Kier molecular flexibility index (Phi) is 3.84. The minimum atomic E-state index is -0.0323. The average Bonchev–Trinajstić information content (AvgIpc) is 2.96. The summed E-state index contributed by atoms with van der Waals surface area (Å²) in [6, 6.07) is 0. The summed E-state index contributed by atoms with van der Waals surface area (Å²) in [5.41, 5.74) is -0.0323. The normalized spacial score (nSPS) is 11.8. The standard InChI is InChI=1S/C12H19N5OS/c1-6-8-13-9(18-15-8)7-17(5)11-14-10(16-19-11)12(2,3)4/h6-7H2,1-5H3. The largest absolute Gasteiger partial charge is 0.341 e. The van der Waals surface area contributed by atoms with E-state index >= 15 is 0 Å². The van der Waals surface area contributed by atoms with Crippen LogP contribution >= 0.6 is 11.5 Å². The van der Waals surface area contributed by atoms with Gasteiger partial charge in [0.15, 0.2) is 5.82 Å². The number of hydrogen-bond acceptors (Lipinski definition) is 7. The molecule has 2 aromatic heterocycles. The molecule has 7 heteroatoms. The van der Waals surface area contributed by atoms with E-state index in [4.69, 9.17) is 4.52 Å². The van der Waals surface area contributed by atoms with Gasteiger partial charge in [0, 0.05) is 30.4 Å². The van der Waals surface area contributed by atoms with Crippen LogP contribution in [0, 0.1) is 0 Å². The Morgan fingerprint density at radius 1 is 1.26 bits per heavy atom. The van der Waals surface area contributed by atoms with Crippen LogP contribution in [0.1, 0.15) is 45.2 Å². The first kappa shape index (κ1) is 13.9. The molecule has 0 saturated heterocycles. The van der Waals surface area contributed by atoms with Crippen LogP contribution in [0.4, 0.5) is 5.13 Å². The second kappa shape index (κ2) is 5.24. The van der Waals surface area contributed by atoms with Gasteiger partial charge >= 0.3 is 0 Å². The Morgan fingerprint density at radius 3 is 2.53 bits per heavy atom. The van der Waals surface area contributed by atoms with Gasteiger partial charge in [-0.05, 0) is 0 Å². The molecular formula is C12H19N5OS. The molecule has 6 nitrogen and oxygen atoms in total. The summed E-state index contributed by atoms with van der Waals surface area (Å²) < 4.78 is 9.57. The van der Waals surface area contributed by atoms with Gasteiger partial charge in [0.1, 0.15) is 5.82 Å². The van der Waals surface area contributed by atoms with Crippen molar-refractivity contribution in [2.75, 3.05) is 11.9 Å². The minimum Gasteiger partial charge on any atom is -0.341 e. The van der Waals surface area contributed by atoms with E-state index in [0.717, 1.165) is 23.2 Å². The van der Waals surface area contributed by atoms with Crippen molar-refractivity contribution >= 4 is 16.7 Å². The van der Waals surface area contributed by atoms with Crippen molar-refractivity contribution in [3.05, 3.63) is 17.5 Å². The first-order chi connectivity index (χ1) is 8.90. The number of rotatable bonds is 4. The smallest absolute Gasteiger partial charge is 0.246 e. The van der Waals surface area contributed by atoms with Gasteiger partial charge in [-0.2, -0.15) is 9.36 Å². The van der Waals surface area contributed by atoms with Gasteiger partial charge in [-0.3, -0.25) is 0 Å². The maximum atomic E-state index is 5.18. The Balaban J connectivity index is 2.07. The number of aryl methyl sites for hydroxylation is 1. The monoisotopic (exact) mass is 281 g/mol. The summed E-state index contributed by atoms with van der Waals surface area (Å²) in [6.45, 7) is 8.85. The molecule has 2 aromatic rings. The lowest BCUT2D eigenvalue weighted by Crippen LogP contribution is -2.18. The van der Waals surface area contributed by atoms with Crippen molar-refractivity contribution in [2.24, 2.45) is 0 Å². The fourth-order valence-corrected chi connectivity index (χ4v) is 2.26. The molecule has 104 valence electrons. The number of nitrogens with zero attached hydrogens (tertiary/aromatic N) is 5. The molecule has 0 spiro atoms. The maximum Gasteiger partial charge on any atom is 0.246 e. The first-order valence-electron chi connectivity index (χ1n) is 6.27. The highest BCUT2D eigenvalue weighted by Crippen LogP contribution is 2.25. The van der Waals surface area contributed by atoms with Gasteiger partial charge in [0.25, 0.3) is 0 Å². The lowest BCUT2D eigenvalue weighted by atomic mass is 9.96. The fourth-order valence-electron chi connectivity index (χ4n) is 1.44. The van der Waals surface area contributed by atoms with Crippen molar-refractivity contribution in [3.8, 4) is 0 Å². The molecule has 0 atom stereocenters. The van der Waals surface area contributed by atoms with Gasteiger partial charge in [0.05, 0.1) is 6.54 Å². The van der Waals surface area contributed by atoms with Crippen LogP contribution in [0.5, 0.6) is 0 Å². The number of aromatic nitrogens is 4. The van der Waals surface area contributed by atoms with E-state index in [9.17, 15) is 0 Å². The molecule has 0 saturated carbocycles. The predicted octanol–water partition coefficient (Wildman–Crippen LogP) is 2.42. The van der Waals surface area contributed by atoms with E-state index in [1.807, 2.05) is 18.9 Å². The van der Waals surface area contributed by atoms with Crippen LogP contribution in [0.2, 0.25) is 0 Å². The molecule has 0 bridgehead atoms. The van der Waals surface area contributed by atoms with E-state index in [1.54, 1.807) is 0 Å². The SMILES string of the molecule is CCc1noc(CN(C)c2nc(C(C)(C)C)ns2)n1. The molecule has 0 unspecified atom stereocenters. The van der Waals surface area contributed by atoms with Crippen LogP contribution in [0.25, 0.3) is 0 Å². The molecule has 19 heavy (non-hydrogen) atoms. The second-order valence-electron chi connectivity index (χ2n) is 5.46. The van der Waals surface area contributed by atoms with Gasteiger partial charge < -0.3 is 9.42 Å². The Hall–Kier alpha value is -1.50. The van der Waals surface area contributed by atoms with Crippen LogP contribution in [-0.2, 0) is 18.4 Å². The Labute approximate surface area is 117 Å². The van der Waals surface area contributed by atoms with Gasteiger partial charge in [-0.15, -0.1) is 0 Å². The van der Waals surface area contributed by atoms with Gasteiger partial charge in [-0.1, -0.05) is 32.9 Å². The zero-order chi connectivity index (χ0) is 14.0. The van der Waals surface area contributed by atoms with Gasteiger partial charge in [0.2, 0.25) is 11.0 Å². The third kappa shape index (κ3) is 3.28. The van der Waals surface area contributed by atoms with Crippen molar-refractivity contribution in [3.63, 3.8) is 0 Å². The van der Waals surface area contributed by atoms with E-state index in [1.165, 1.54) is 11.5 Å². The lowest BCUT2D eigenvalue weighted by molar-refractivity contribution is 0.373. The van der Waals surface area contributed by atoms with Crippen molar-refractivity contribution in [1.82, 2.24) is 19.5 Å². The summed E-state index contributed by atoms with van der Waals surface area (Å²) in [7, 11) is 1.95. The average molecular weight is 281 g/mol. The molecule has 2 rings (SSSR count). The fraction of sp³-hybridized carbons (Fsp3) is 0.667. The molecule has 0 N–H and O–H groups in total. The maximum absolute atomic E-state index is 5.18. The summed E-state index contributed by atoms with van der Waals surface area (Å²) in [4.78, 5) is 10.8. The summed E-state index contributed by atoms with van der Waals surface area (Å²) >= 11 is 1.39. The van der Waals surface area contributed by atoms with Crippen molar-refractivity contribution in [2.45, 2.75) is 46.1 Å². The Bertz CT molecular complexity index is 542.